The van der Waals surface area contributed by atoms with Crippen molar-refractivity contribution in [1.82, 2.24) is 5.32 Å². The molecule has 72 valence electrons. The number of aliphatic hydroxyl groups excluding tert-OH is 1. The van der Waals surface area contributed by atoms with Crippen molar-refractivity contribution in [3.05, 3.63) is 35.4 Å². The Balaban J connectivity index is 2.86. The van der Waals surface area contributed by atoms with E-state index in [1.807, 2.05) is 19.2 Å². The van der Waals surface area contributed by atoms with Gasteiger partial charge in [0.1, 0.15) is 0 Å². The van der Waals surface area contributed by atoms with Gasteiger partial charge in [0, 0.05) is 0 Å². The van der Waals surface area contributed by atoms with Gasteiger partial charge in [-0.05, 0) is 26.5 Å². The van der Waals surface area contributed by atoms with E-state index in [1.165, 1.54) is 5.56 Å². The molecule has 1 aromatic carbocycles. The molecule has 0 saturated heterocycles. The maximum absolute atomic E-state index is 9.47. The van der Waals surface area contributed by atoms with Crippen LogP contribution in [0.2, 0.25) is 0 Å². The monoisotopic (exact) mass is 179 g/mol. The number of likely N-dealkylation sites (N-methyl/N-ethyl adjacent to an activating group) is 1. The first-order valence-corrected chi connectivity index (χ1v) is 4.57. The van der Waals surface area contributed by atoms with Gasteiger partial charge >= 0.3 is 0 Å². The SMILES string of the molecule is CNC(c1ccc(C)cc1)[C@H](C)O. The zero-order chi connectivity index (χ0) is 9.84. The van der Waals surface area contributed by atoms with Gasteiger partial charge in [-0.15, -0.1) is 0 Å². The molecule has 2 atom stereocenters. The van der Waals surface area contributed by atoms with Crippen LogP contribution in [0.15, 0.2) is 24.3 Å². The van der Waals surface area contributed by atoms with E-state index < -0.39 is 0 Å². The second kappa shape index (κ2) is 4.40. The lowest BCUT2D eigenvalue weighted by atomic mass is 10.0. The lowest BCUT2D eigenvalue weighted by Gasteiger charge is -2.19. The Morgan fingerprint density at radius 1 is 1.23 bits per heavy atom. The van der Waals surface area contributed by atoms with Gasteiger partial charge in [0.2, 0.25) is 0 Å². The van der Waals surface area contributed by atoms with Crippen molar-refractivity contribution in [2.75, 3.05) is 7.05 Å². The van der Waals surface area contributed by atoms with Crippen LogP contribution in [0.5, 0.6) is 0 Å². The molecule has 2 heteroatoms. The number of aryl methyl sites for hydroxylation is 1. The second-order valence-electron chi connectivity index (χ2n) is 3.42. The maximum atomic E-state index is 9.47. The van der Waals surface area contributed by atoms with Gasteiger partial charge in [-0.25, -0.2) is 0 Å². The van der Waals surface area contributed by atoms with Crippen LogP contribution in [0.1, 0.15) is 24.1 Å². The van der Waals surface area contributed by atoms with Crippen molar-refractivity contribution in [2.24, 2.45) is 0 Å². The smallest absolute Gasteiger partial charge is 0.0706 e. The summed E-state index contributed by atoms with van der Waals surface area (Å²) in [6.07, 6.45) is -0.368. The predicted molar refractivity (Wildman–Crippen MR) is 54.7 cm³/mol. The molecule has 0 saturated carbocycles. The molecule has 0 aliphatic heterocycles. The molecule has 0 aromatic heterocycles. The fraction of sp³-hybridized carbons (Fsp3) is 0.455. The molecule has 13 heavy (non-hydrogen) atoms. The average molecular weight is 179 g/mol. The van der Waals surface area contributed by atoms with Gasteiger partial charge in [0.05, 0.1) is 12.1 Å². The van der Waals surface area contributed by atoms with E-state index in [0.29, 0.717) is 0 Å². The van der Waals surface area contributed by atoms with Crippen LogP contribution in [0, 0.1) is 6.92 Å². The summed E-state index contributed by atoms with van der Waals surface area (Å²) in [5.74, 6) is 0. The molecule has 0 fully saturated rings. The fourth-order valence-electron chi connectivity index (χ4n) is 1.46. The number of hydrogen-bond acceptors (Lipinski definition) is 2. The second-order valence-corrected chi connectivity index (χ2v) is 3.42. The van der Waals surface area contributed by atoms with Crippen molar-refractivity contribution in [1.29, 1.82) is 0 Å². The molecule has 0 aliphatic carbocycles. The Labute approximate surface area is 79.6 Å². The Kier molecular flexibility index (Phi) is 3.46. The molecule has 0 amide bonds. The standard InChI is InChI=1S/C11H17NO/c1-8-4-6-10(7-5-8)11(12-3)9(2)13/h4-7,9,11-13H,1-3H3/t9-,11?/m0/s1. The largest absolute Gasteiger partial charge is 0.391 e. The van der Waals surface area contributed by atoms with Gasteiger partial charge in [0.15, 0.2) is 0 Å². The number of rotatable bonds is 3. The highest BCUT2D eigenvalue weighted by molar-refractivity contribution is 5.24. The minimum Gasteiger partial charge on any atom is -0.391 e. The van der Waals surface area contributed by atoms with E-state index in [0.717, 1.165) is 5.56 Å². The minimum atomic E-state index is -0.368. The molecule has 2 N–H and O–H groups in total. The zero-order valence-electron chi connectivity index (χ0n) is 8.41. The van der Waals surface area contributed by atoms with Crippen LogP contribution in [0.3, 0.4) is 0 Å². The van der Waals surface area contributed by atoms with Crippen molar-refractivity contribution < 1.29 is 5.11 Å². The third kappa shape index (κ3) is 2.54. The minimum absolute atomic E-state index is 0.0283. The zero-order valence-corrected chi connectivity index (χ0v) is 8.41. The molecule has 1 rings (SSSR count). The van der Waals surface area contributed by atoms with E-state index in [-0.39, 0.29) is 12.1 Å². The third-order valence-electron chi connectivity index (χ3n) is 2.23. The van der Waals surface area contributed by atoms with Gasteiger partial charge in [-0.1, -0.05) is 29.8 Å². The molecule has 0 spiro atoms. The van der Waals surface area contributed by atoms with E-state index in [1.54, 1.807) is 6.92 Å². The van der Waals surface area contributed by atoms with Crippen LogP contribution in [-0.2, 0) is 0 Å². The Morgan fingerprint density at radius 3 is 2.15 bits per heavy atom. The van der Waals surface area contributed by atoms with Crippen LogP contribution in [-0.4, -0.2) is 18.3 Å². The highest BCUT2D eigenvalue weighted by Crippen LogP contribution is 2.16. The molecule has 0 radical (unpaired) electrons. The van der Waals surface area contributed by atoms with Gasteiger partial charge < -0.3 is 10.4 Å². The van der Waals surface area contributed by atoms with Crippen molar-refractivity contribution in [2.45, 2.75) is 26.0 Å². The van der Waals surface area contributed by atoms with Gasteiger partial charge in [0.25, 0.3) is 0 Å². The molecular formula is C11H17NO. The van der Waals surface area contributed by atoms with Crippen molar-refractivity contribution in [3.63, 3.8) is 0 Å². The Hall–Kier alpha value is -0.860. The molecule has 1 unspecified atom stereocenters. The van der Waals surface area contributed by atoms with Crippen molar-refractivity contribution in [3.8, 4) is 0 Å². The Morgan fingerprint density at radius 2 is 1.77 bits per heavy atom. The topological polar surface area (TPSA) is 32.3 Å². The number of benzene rings is 1. The van der Waals surface area contributed by atoms with Crippen LogP contribution in [0.4, 0.5) is 0 Å². The molecule has 0 bridgehead atoms. The summed E-state index contributed by atoms with van der Waals surface area (Å²) in [6, 6.07) is 8.23. The quantitative estimate of drug-likeness (QED) is 0.739. The summed E-state index contributed by atoms with van der Waals surface area (Å²) in [6.45, 7) is 3.85. The summed E-state index contributed by atoms with van der Waals surface area (Å²) in [4.78, 5) is 0. The number of nitrogens with one attached hydrogen (secondary N) is 1. The first-order chi connectivity index (χ1) is 6.15. The Bertz CT molecular complexity index is 253. The first kappa shape index (κ1) is 10.2. The lowest BCUT2D eigenvalue weighted by molar-refractivity contribution is 0.150. The average Bonchev–Trinajstić information content (AvgIpc) is 2.09. The van der Waals surface area contributed by atoms with E-state index in [9.17, 15) is 5.11 Å². The summed E-state index contributed by atoms with van der Waals surface area (Å²) in [7, 11) is 1.86. The van der Waals surface area contributed by atoms with Crippen LogP contribution in [0.25, 0.3) is 0 Å². The number of hydrogen-bond donors (Lipinski definition) is 2. The highest BCUT2D eigenvalue weighted by Gasteiger charge is 2.13. The summed E-state index contributed by atoms with van der Waals surface area (Å²) >= 11 is 0. The lowest BCUT2D eigenvalue weighted by Crippen LogP contribution is -2.26. The number of aliphatic hydroxyl groups is 1. The predicted octanol–water partition coefficient (Wildman–Crippen LogP) is 1.64. The molecule has 2 nitrogen and oxygen atoms in total. The summed E-state index contributed by atoms with van der Waals surface area (Å²) in [5, 5.41) is 12.6. The van der Waals surface area contributed by atoms with E-state index >= 15 is 0 Å². The molecular weight excluding hydrogens is 162 g/mol. The van der Waals surface area contributed by atoms with Crippen LogP contribution >= 0.6 is 0 Å². The molecule has 1 aromatic rings. The van der Waals surface area contributed by atoms with Crippen molar-refractivity contribution >= 4 is 0 Å². The summed E-state index contributed by atoms with van der Waals surface area (Å²) < 4.78 is 0. The van der Waals surface area contributed by atoms with E-state index in [2.05, 4.69) is 24.4 Å². The van der Waals surface area contributed by atoms with E-state index in [4.69, 9.17) is 0 Å². The normalized spacial score (nSPS) is 15.4. The maximum Gasteiger partial charge on any atom is 0.0706 e. The summed E-state index contributed by atoms with van der Waals surface area (Å²) in [5.41, 5.74) is 2.37. The molecule has 0 heterocycles. The third-order valence-corrected chi connectivity index (χ3v) is 2.23. The first-order valence-electron chi connectivity index (χ1n) is 4.57. The highest BCUT2D eigenvalue weighted by atomic mass is 16.3. The van der Waals surface area contributed by atoms with Gasteiger partial charge in [-0.3, -0.25) is 0 Å². The van der Waals surface area contributed by atoms with Crippen LogP contribution < -0.4 is 5.32 Å². The van der Waals surface area contributed by atoms with Gasteiger partial charge in [-0.2, -0.15) is 0 Å². The fourth-order valence-corrected chi connectivity index (χ4v) is 1.46. The molecule has 0 aliphatic rings.